The second-order valence-corrected chi connectivity index (χ2v) is 9.99. The third-order valence-corrected chi connectivity index (χ3v) is 7.24. The second-order valence-electron chi connectivity index (χ2n) is 8.06. The highest BCUT2D eigenvalue weighted by Crippen LogP contribution is 2.31. The molecule has 36 heavy (non-hydrogen) atoms. The van der Waals surface area contributed by atoms with Crippen LogP contribution in [0.5, 0.6) is 0 Å². The number of thiazole rings is 1. The van der Waals surface area contributed by atoms with Gasteiger partial charge >= 0.3 is 5.97 Å². The monoisotopic (exact) mass is 566 g/mol. The number of rotatable bonds is 5. The number of aromatic nitrogens is 1. The van der Waals surface area contributed by atoms with Crippen LogP contribution in [0.4, 0.5) is 4.39 Å². The molecule has 9 heteroatoms. The first-order chi connectivity index (χ1) is 17.4. The maximum Gasteiger partial charge on any atom is 0.338 e. The van der Waals surface area contributed by atoms with Gasteiger partial charge in [0.15, 0.2) is 4.80 Å². The molecule has 1 aliphatic rings. The van der Waals surface area contributed by atoms with Crippen molar-refractivity contribution in [2.75, 3.05) is 6.61 Å². The van der Waals surface area contributed by atoms with Gasteiger partial charge in [-0.05, 0) is 55.8 Å². The molecule has 5 rings (SSSR count). The van der Waals surface area contributed by atoms with Gasteiger partial charge in [-0.15, -0.1) is 0 Å². The van der Waals surface area contributed by atoms with Crippen LogP contribution in [0, 0.1) is 5.82 Å². The smallest absolute Gasteiger partial charge is 0.338 e. The average Bonchev–Trinajstić information content (AvgIpc) is 3.44. The minimum atomic E-state index is -0.794. The lowest BCUT2D eigenvalue weighted by Crippen LogP contribution is -2.39. The van der Waals surface area contributed by atoms with Crippen molar-refractivity contribution in [2.24, 2.45) is 4.99 Å². The van der Waals surface area contributed by atoms with Gasteiger partial charge in [-0.2, -0.15) is 0 Å². The van der Waals surface area contributed by atoms with Crippen molar-refractivity contribution in [2.45, 2.75) is 19.9 Å². The molecule has 0 unspecified atom stereocenters. The molecule has 0 amide bonds. The van der Waals surface area contributed by atoms with Crippen molar-refractivity contribution >= 4 is 39.3 Å². The number of hydrogen-bond acceptors (Lipinski definition) is 6. The maximum atomic E-state index is 13.7. The van der Waals surface area contributed by atoms with E-state index in [0.29, 0.717) is 32.1 Å². The summed E-state index contributed by atoms with van der Waals surface area (Å²) in [6.07, 6.45) is 1.66. The number of carbonyl (C=O) groups excluding carboxylic acids is 1. The molecule has 3 heterocycles. The van der Waals surface area contributed by atoms with Crippen molar-refractivity contribution in [1.29, 1.82) is 0 Å². The Balaban J connectivity index is 1.63. The van der Waals surface area contributed by atoms with E-state index in [1.807, 2.05) is 30.3 Å². The molecule has 1 atom stereocenters. The lowest BCUT2D eigenvalue weighted by atomic mass is 9.96. The zero-order valence-electron chi connectivity index (χ0n) is 19.3. The third-order valence-electron chi connectivity index (χ3n) is 5.73. The third kappa shape index (κ3) is 4.52. The van der Waals surface area contributed by atoms with Crippen LogP contribution in [0.25, 0.3) is 17.4 Å². The number of carbonyl (C=O) groups is 1. The molecule has 182 valence electrons. The molecule has 6 nitrogen and oxygen atoms in total. The summed E-state index contributed by atoms with van der Waals surface area (Å²) in [5, 5.41) is 0. The van der Waals surface area contributed by atoms with Crippen molar-refractivity contribution in [1.82, 2.24) is 4.57 Å². The fraction of sp³-hybridized carbons (Fsp3) is 0.148. The number of furan rings is 1. The van der Waals surface area contributed by atoms with Gasteiger partial charge in [0.05, 0.1) is 28.5 Å². The molecule has 4 aromatic rings. The van der Waals surface area contributed by atoms with Gasteiger partial charge in [0.2, 0.25) is 0 Å². The van der Waals surface area contributed by atoms with Crippen molar-refractivity contribution < 1.29 is 18.3 Å². The van der Waals surface area contributed by atoms with E-state index in [1.165, 1.54) is 28.0 Å². The molecule has 0 bridgehead atoms. The summed E-state index contributed by atoms with van der Waals surface area (Å²) in [5.74, 6) is 0.209. The molecular formula is C27H20BrFN2O4S. The van der Waals surface area contributed by atoms with E-state index in [-0.39, 0.29) is 17.7 Å². The first kappa shape index (κ1) is 24.1. The molecular weight excluding hydrogens is 547 g/mol. The van der Waals surface area contributed by atoms with E-state index < -0.39 is 17.8 Å². The minimum Gasteiger partial charge on any atom is -0.463 e. The summed E-state index contributed by atoms with van der Waals surface area (Å²) in [4.78, 5) is 31.5. The van der Waals surface area contributed by atoms with E-state index in [4.69, 9.17) is 9.15 Å². The highest BCUT2D eigenvalue weighted by atomic mass is 79.9. The zero-order valence-corrected chi connectivity index (χ0v) is 21.7. The van der Waals surface area contributed by atoms with E-state index in [2.05, 4.69) is 20.9 Å². The van der Waals surface area contributed by atoms with Gasteiger partial charge in [-0.3, -0.25) is 9.36 Å². The van der Waals surface area contributed by atoms with Crippen LogP contribution in [-0.4, -0.2) is 17.1 Å². The first-order valence-corrected chi connectivity index (χ1v) is 12.8. The lowest BCUT2D eigenvalue weighted by Gasteiger charge is -2.24. The maximum absolute atomic E-state index is 13.7. The van der Waals surface area contributed by atoms with Gasteiger partial charge in [0.25, 0.3) is 5.56 Å². The SMILES string of the molecule is CCOC(=O)C1=C(C)N=c2s/c(=C\c3ccc(-c4ccc(Br)cc4)o3)c(=O)n2[C@@H]1c1ccc(F)cc1. The van der Waals surface area contributed by atoms with Crippen LogP contribution in [0.15, 0.2) is 90.6 Å². The molecule has 0 saturated heterocycles. The number of esters is 1. The van der Waals surface area contributed by atoms with E-state index in [9.17, 15) is 14.0 Å². The number of ether oxygens (including phenoxy) is 1. The Labute approximate surface area is 217 Å². The minimum absolute atomic E-state index is 0.176. The molecule has 0 fully saturated rings. The van der Waals surface area contributed by atoms with Crippen LogP contribution in [0.2, 0.25) is 0 Å². The van der Waals surface area contributed by atoms with Crippen molar-refractivity contribution in [3.63, 3.8) is 0 Å². The van der Waals surface area contributed by atoms with E-state index >= 15 is 0 Å². The topological polar surface area (TPSA) is 73.8 Å². The van der Waals surface area contributed by atoms with E-state index in [0.717, 1.165) is 10.0 Å². The number of halogens is 2. The molecule has 2 aromatic carbocycles. The first-order valence-electron chi connectivity index (χ1n) is 11.2. The Kier molecular flexibility index (Phi) is 6.59. The largest absolute Gasteiger partial charge is 0.463 e. The standard InChI is InChI=1S/C27H20BrFN2O4S/c1-3-34-26(33)23-15(2)30-27-31(24(23)17-6-10-19(29)11-7-17)25(32)22(36-27)14-20-12-13-21(35-20)16-4-8-18(28)9-5-16/h4-14,24H,3H2,1-2H3/b22-14-/t24-/m1/s1. The van der Waals surface area contributed by atoms with Crippen molar-refractivity contribution in [3.05, 3.63) is 113 Å². The molecule has 0 aliphatic carbocycles. The number of allylic oxidation sites excluding steroid dienone is 1. The summed E-state index contributed by atoms with van der Waals surface area (Å²) >= 11 is 4.62. The van der Waals surface area contributed by atoms with Crippen LogP contribution < -0.4 is 14.9 Å². The second kappa shape index (κ2) is 9.83. The zero-order chi connectivity index (χ0) is 25.4. The summed E-state index contributed by atoms with van der Waals surface area (Å²) in [7, 11) is 0. The summed E-state index contributed by atoms with van der Waals surface area (Å²) in [5.41, 5.74) is 1.86. The Hall–Kier alpha value is -3.56. The Morgan fingerprint density at radius 3 is 2.58 bits per heavy atom. The quantitative estimate of drug-likeness (QED) is 0.320. The number of nitrogens with zero attached hydrogens (tertiary/aromatic N) is 2. The van der Waals surface area contributed by atoms with Gasteiger partial charge in [0.1, 0.15) is 17.3 Å². The normalized spacial score (nSPS) is 15.6. The summed E-state index contributed by atoms with van der Waals surface area (Å²) < 4.78 is 27.7. The Bertz CT molecular complexity index is 1660. The van der Waals surface area contributed by atoms with Gasteiger partial charge < -0.3 is 9.15 Å². The van der Waals surface area contributed by atoms with Gasteiger partial charge in [-0.25, -0.2) is 14.2 Å². The van der Waals surface area contributed by atoms with E-state index in [1.54, 1.807) is 38.1 Å². The number of benzene rings is 2. The van der Waals surface area contributed by atoms with Gasteiger partial charge in [-0.1, -0.05) is 51.5 Å². The fourth-order valence-electron chi connectivity index (χ4n) is 4.08. The average molecular weight is 567 g/mol. The molecule has 0 spiro atoms. The van der Waals surface area contributed by atoms with Crippen LogP contribution in [0.1, 0.15) is 31.2 Å². The Morgan fingerprint density at radius 1 is 1.17 bits per heavy atom. The van der Waals surface area contributed by atoms with Crippen LogP contribution in [-0.2, 0) is 9.53 Å². The predicted molar refractivity (Wildman–Crippen MR) is 139 cm³/mol. The molecule has 0 saturated carbocycles. The van der Waals surface area contributed by atoms with Crippen LogP contribution in [0.3, 0.4) is 0 Å². The van der Waals surface area contributed by atoms with Crippen LogP contribution >= 0.6 is 27.3 Å². The molecule has 2 aromatic heterocycles. The van der Waals surface area contributed by atoms with Gasteiger partial charge in [0, 0.05) is 16.1 Å². The number of hydrogen-bond donors (Lipinski definition) is 0. The summed E-state index contributed by atoms with van der Waals surface area (Å²) in [6, 6.07) is 16.3. The highest BCUT2D eigenvalue weighted by molar-refractivity contribution is 9.10. The lowest BCUT2D eigenvalue weighted by molar-refractivity contribution is -0.139. The van der Waals surface area contributed by atoms with Crippen molar-refractivity contribution in [3.8, 4) is 11.3 Å². The molecule has 0 radical (unpaired) electrons. The Morgan fingerprint density at radius 2 is 1.89 bits per heavy atom. The number of fused-ring (bicyclic) bond motifs is 1. The molecule has 1 aliphatic heterocycles. The summed E-state index contributed by atoms with van der Waals surface area (Å²) in [6.45, 7) is 3.59. The molecule has 0 N–H and O–H groups in total. The predicted octanol–water partition coefficient (Wildman–Crippen LogP) is 4.96. The highest BCUT2D eigenvalue weighted by Gasteiger charge is 2.33. The fourth-order valence-corrected chi connectivity index (χ4v) is 5.37.